The molecule has 0 aliphatic rings. The summed E-state index contributed by atoms with van der Waals surface area (Å²) in [5.74, 6) is -0.0212. The Balaban J connectivity index is 1.66. The Bertz CT molecular complexity index is 942. The van der Waals surface area contributed by atoms with Gasteiger partial charge in [0.1, 0.15) is 5.01 Å². The summed E-state index contributed by atoms with van der Waals surface area (Å²) >= 11 is 19.6. The van der Waals surface area contributed by atoms with Crippen molar-refractivity contribution in [3.8, 4) is 10.6 Å². The molecule has 3 rings (SSSR count). The van der Waals surface area contributed by atoms with Crippen molar-refractivity contribution in [2.24, 2.45) is 0 Å². The SMILES string of the molecule is CN(Cc1ccc(Cl)c(Cl)c1)C(=O)Cc1csc(-c2ccccc2Cl)n1. The molecule has 0 N–H and O–H groups in total. The summed E-state index contributed by atoms with van der Waals surface area (Å²) in [5.41, 5.74) is 2.53. The summed E-state index contributed by atoms with van der Waals surface area (Å²) in [5, 5.41) is 4.33. The van der Waals surface area contributed by atoms with Gasteiger partial charge in [-0.3, -0.25) is 4.79 Å². The quantitative estimate of drug-likeness (QED) is 0.504. The summed E-state index contributed by atoms with van der Waals surface area (Å²) in [6.45, 7) is 0.456. The largest absolute Gasteiger partial charge is 0.341 e. The molecule has 1 aromatic heterocycles. The molecule has 3 nitrogen and oxygen atoms in total. The Morgan fingerprint density at radius 3 is 2.58 bits per heavy atom. The van der Waals surface area contributed by atoms with Crippen molar-refractivity contribution in [3.05, 3.63) is 74.2 Å². The van der Waals surface area contributed by atoms with Gasteiger partial charge in [0.25, 0.3) is 0 Å². The van der Waals surface area contributed by atoms with E-state index in [9.17, 15) is 4.79 Å². The summed E-state index contributed by atoms with van der Waals surface area (Å²) in [7, 11) is 1.76. The monoisotopic (exact) mass is 424 g/mol. The van der Waals surface area contributed by atoms with Gasteiger partial charge in [-0.2, -0.15) is 0 Å². The molecule has 0 atom stereocenters. The van der Waals surface area contributed by atoms with E-state index in [0.29, 0.717) is 21.6 Å². The van der Waals surface area contributed by atoms with E-state index < -0.39 is 0 Å². The maximum absolute atomic E-state index is 12.5. The summed E-state index contributed by atoms with van der Waals surface area (Å²) in [4.78, 5) is 18.7. The van der Waals surface area contributed by atoms with Gasteiger partial charge in [-0.1, -0.05) is 59.1 Å². The third-order valence-corrected chi connectivity index (χ3v) is 5.81. The molecule has 0 aliphatic carbocycles. The van der Waals surface area contributed by atoms with Crippen molar-refractivity contribution in [2.75, 3.05) is 7.05 Å². The lowest BCUT2D eigenvalue weighted by Gasteiger charge is -2.17. The van der Waals surface area contributed by atoms with Crippen LogP contribution in [0.25, 0.3) is 10.6 Å². The van der Waals surface area contributed by atoms with Crippen molar-refractivity contribution in [3.63, 3.8) is 0 Å². The van der Waals surface area contributed by atoms with E-state index in [2.05, 4.69) is 4.98 Å². The number of likely N-dealkylation sites (N-methyl/N-ethyl adjacent to an activating group) is 1. The van der Waals surface area contributed by atoms with Gasteiger partial charge in [-0.15, -0.1) is 11.3 Å². The second kappa shape index (κ2) is 8.40. The minimum absolute atomic E-state index is 0.0212. The zero-order chi connectivity index (χ0) is 18.7. The molecular weight excluding hydrogens is 411 g/mol. The summed E-state index contributed by atoms with van der Waals surface area (Å²) in [6.07, 6.45) is 0.235. The highest BCUT2D eigenvalue weighted by Gasteiger charge is 2.14. The van der Waals surface area contributed by atoms with E-state index in [-0.39, 0.29) is 12.3 Å². The van der Waals surface area contributed by atoms with Gasteiger partial charge in [0.05, 0.1) is 27.2 Å². The van der Waals surface area contributed by atoms with Crippen LogP contribution in [0.2, 0.25) is 15.1 Å². The van der Waals surface area contributed by atoms with Crippen LogP contribution in [0.3, 0.4) is 0 Å². The molecule has 0 aliphatic heterocycles. The molecule has 0 spiro atoms. The zero-order valence-corrected chi connectivity index (χ0v) is 17.0. The average molecular weight is 426 g/mol. The Morgan fingerprint density at radius 1 is 1.08 bits per heavy atom. The fourth-order valence-electron chi connectivity index (χ4n) is 2.44. The van der Waals surface area contributed by atoms with Crippen LogP contribution in [0.4, 0.5) is 0 Å². The van der Waals surface area contributed by atoms with Crippen molar-refractivity contribution >= 4 is 52.0 Å². The number of amides is 1. The number of hydrogen-bond acceptors (Lipinski definition) is 3. The molecule has 0 unspecified atom stereocenters. The molecule has 0 bridgehead atoms. The predicted octanol–water partition coefficient (Wildman–Crippen LogP) is 5.97. The van der Waals surface area contributed by atoms with E-state index in [4.69, 9.17) is 34.8 Å². The van der Waals surface area contributed by atoms with Gasteiger partial charge in [0.15, 0.2) is 0 Å². The highest BCUT2D eigenvalue weighted by molar-refractivity contribution is 7.13. The number of rotatable bonds is 5. The Hall–Kier alpha value is -1.59. The average Bonchev–Trinajstić information content (AvgIpc) is 3.06. The number of carbonyl (C=O) groups is 1. The standard InChI is InChI=1S/C19H15Cl3N2OS/c1-24(10-12-6-7-16(21)17(22)8-12)18(25)9-13-11-26-19(23-13)14-4-2-3-5-15(14)20/h2-8,11H,9-10H2,1H3. The van der Waals surface area contributed by atoms with Gasteiger partial charge in [-0.25, -0.2) is 4.98 Å². The first-order valence-electron chi connectivity index (χ1n) is 7.81. The highest BCUT2D eigenvalue weighted by Crippen LogP contribution is 2.30. The third-order valence-electron chi connectivity index (χ3n) is 3.82. The highest BCUT2D eigenvalue weighted by atomic mass is 35.5. The molecule has 7 heteroatoms. The molecule has 0 saturated carbocycles. The maximum atomic E-state index is 12.5. The molecule has 26 heavy (non-hydrogen) atoms. The molecule has 0 radical (unpaired) electrons. The van der Waals surface area contributed by atoms with E-state index in [1.807, 2.05) is 35.7 Å². The van der Waals surface area contributed by atoms with Crippen LogP contribution >= 0.6 is 46.1 Å². The van der Waals surface area contributed by atoms with Crippen LogP contribution < -0.4 is 0 Å². The predicted molar refractivity (Wildman–Crippen MR) is 109 cm³/mol. The van der Waals surface area contributed by atoms with Gasteiger partial charge in [0.2, 0.25) is 5.91 Å². The van der Waals surface area contributed by atoms with Crippen molar-refractivity contribution in [1.82, 2.24) is 9.88 Å². The maximum Gasteiger partial charge on any atom is 0.228 e. The fourth-order valence-corrected chi connectivity index (χ4v) is 3.90. The lowest BCUT2D eigenvalue weighted by molar-refractivity contribution is -0.129. The van der Waals surface area contributed by atoms with Crippen LogP contribution in [0.1, 0.15) is 11.3 Å². The number of benzene rings is 2. The van der Waals surface area contributed by atoms with Crippen molar-refractivity contribution in [1.29, 1.82) is 0 Å². The van der Waals surface area contributed by atoms with Gasteiger partial charge in [0, 0.05) is 24.5 Å². The van der Waals surface area contributed by atoms with Crippen molar-refractivity contribution in [2.45, 2.75) is 13.0 Å². The first kappa shape index (κ1) is 19.2. The van der Waals surface area contributed by atoms with Crippen LogP contribution in [-0.2, 0) is 17.8 Å². The summed E-state index contributed by atoms with van der Waals surface area (Å²) < 4.78 is 0. The van der Waals surface area contributed by atoms with Crippen LogP contribution in [0.5, 0.6) is 0 Å². The Morgan fingerprint density at radius 2 is 1.85 bits per heavy atom. The normalized spacial score (nSPS) is 10.8. The molecule has 0 fully saturated rings. The van der Waals surface area contributed by atoms with Gasteiger partial charge in [-0.05, 0) is 23.8 Å². The van der Waals surface area contributed by atoms with Gasteiger partial charge < -0.3 is 4.90 Å². The second-order valence-electron chi connectivity index (χ2n) is 5.80. The molecule has 0 saturated heterocycles. The van der Waals surface area contributed by atoms with Crippen LogP contribution in [-0.4, -0.2) is 22.8 Å². The van der Waals surface area contributed by atoms with Crippen LogP contribution in [0.15, 0.2) is 47.8 Å². The lowest BCUT2D eigenvalue weighted by atomic mass is 10.2. The second-order valence-corrected chi connectivity index (χ2v) is 7.88. The first-order chi connectivity index (χ1) is 12.4. The Labute approximate surface area is 171 Å². The van der Waals surface area contributed by atoms with Crippen LogP contribution in [0, 0.1) is 0 Å². The number of halogens is 3. The minimum Gasteiger partial charge on any atom is -0.341 e. The molecular formula is C19H15Cl3N2OS. The van der Waals surface area contributed by atoms with E-state index in [1.165, 1.54) is 11.3 Å². The number of carbonyl (C=O) groups excluding carboxylic acids is 1. The first-order valence-corrected chi connectivity index (χ1v) is 9.82. The third kappa shape index (κ3) is 4.57. The molecule has 1 heterocycles. The molecule has 2 aromatic carbocycles. The fraction of sp³-hybridized carbons (Fsp3) is 0.158. The summed E-state index contributed by atoms with van der Waals surface area (Å²) in [6, 6.07) is 12.9. The van der Waals surface area contributed by atoms with Crippen molar-refractivity contribution < 1.29 is 4.79 Å². The molecule has 1 amide bonds. The molecule has 3 aromatic rings. The zero-order valence-electron chi connectivity index (χ0n) is 13.9. The van der Waals surface area contributed by atoms with E-state index >= 15 is 0 Å². The van der Waals surface area contributed by atoms with E-state index in [1.54, 1.807) is 24.1 Å². The van der Waals surface area contributed by atoms with E-state index in [0.717, 1.165) is 21.8 Å². The van der Waals surface area contributed by atoms with Gasteiger partial charge >= 0.3 is 0 Å². The smallest absolute Gasteiger partial charge is 0.228 e. The Kier molecular flexibility index (Phi) is 6.20. The topological polar surface area (TPSA) is 33.2 Å². The number of aromatic nitrogens is 1. The lowest BCUT2D eigenvalue weighted by Crippen LogP contribution is -2.27. The molecule has 134 valence electrons. The number of nitrogens with zero attached hydrogens (tertiary/aromatic N) is 2. The number of thiazole rings is 1. The number of hydrogen-bond donors (Lipinski definition) is 0. The minimum atomic E-state index is -0.0212.